The summed E-state index contributed by atoms with van der Waals surface area (Å²) in [6.07, 6.45) is 3.36. The SMILES string of the molecule is CN/C1=N\C(=N)C(C)(c2cccc(CC(C)(C)C(=O)O)c2)CCCC(C)(C)CS(=O)(=O)CCc2c(c(F)cc3[nH]ccc23)Oc2ccc(F)c1c2. The number of hydrogen-bond donors (Lipinski definition) is 4. The molecule has 0 fully saturated rings. The van der Waals surface area contributed by atoms with E-state index in [1.165, 1.54) is 24.3 Å². The fourth-order valence-electron chi connectivity index (χ4n) is 6.86. The summed E-state index contributed by atoms with van der Waals surface area (Å²) in [7, 11) is -2.06. The van der Waals surface area contributed by atoms with Crippen molar-refractivity contribution in [2.45, 2.75) is 72.1 Å². The summed E-state index contributed by atoms with van der Waals surface area (Å²) in [5.74, 6) is -2.68. The van der Waals surface area contributed by atoms with Gasteiger partial charge in [0.1, 0.15) is 23.2 Å². The van der Waals surface area contributed by atoms with Crippen molar-refractivity contribution in [3.8, 4) is 11.5 Å². The molecule has 0 saturated heterocycles. The lowest BCUT2D eigenvalue weighted by molar-refractivity contribution is -0.146. The molecule has 4 aromatic rings. The van der Waals surface area contributed by atoms with E-state index in [1.54, 1.807) is 33.2 Å². The number of ether oxygens (including phenoxy) is 1. The molecule has 1 aliphatic rings. The Hall–Kier alpha value is -4.58. The van der Waals surface area contributed by atoms with Gasteiger partial charge in [-0.05, 0) is 87.3 Å². The highest BCUT2D eigenvalue weighted by Crippen LogP contribution is 2.38. The van der Waals surface area contributed by atoms with E-state index >= 15 is 8.78 Å². The second-order valence-corrected chi connectivity index (χ2v) is 17.3. The molecule has 5 rings (SSSR count). The van der Waals surface area contributed by atoms with E-state index in [9.17, 15) is 23.7 Å². The Labute approximate surface area is 298 Å². The highest BCUT2D eigenvalue weighted by atomic mass is 32.2. The van der Waals surface area contributed by atoms with Crippen LogP contribution in [-0.4, -0.2) is 54.7 Å². The first-order valence-corrected chi connectivity index (χ1v) is 18.8. The molecular weight excluding hydrogens is 675 g/mol. The quantitative estimate of drug-likeness (QED) is 0.168. The average Bonchev–Trinajstić information content (AvgIpc) is 3.51. The Morgan fingerprint density at radius 3 is 2.53 bits per heavy atom. The second kappa shape index (κ2) is 14.2. The third kappa shape index (κ3) is 8.32. The van der Waals surface area contributed by atoms with Crippen molar-refractivity contribution in [1.82, 2.24) is 10.3 Å². The summed E-state index contributed by atoms with van der Waals surface area (Å²) in [5, 5.41) is 22.7. The predicted octanol–water partition coefficient (Wildman–Crippen LogP) is 7.96. The summed E-state index contributed by atoms with van der Waals surface area (Å²) in [6.45, 7) is 8.97. The Morgan fingerprint density at radius 2 is 1.82 bits per heavy atom. The molecule has 9 nitrogen and oxygen atoms in total. The van der Waals surface area contributed by atoms with Crippen LogP contribution in [0.3, 0.4) is 0 Å². The number of fused-ring (bicyclic) bond motifs is 5. The number of benzene rings is 3. The van der Waals surface area contributed by atoms with Crippen molar-refractivity contribution in [3.63, 3.8) is 0 Å². The molecule has 0 radical (unpaired) electrons. The Kier molecular flexibility index (Phi) is 10.5. The number of carbonyl (C=O) groups is 1. The first-order chi connectivity index (χ1) is 23.8. The lowest BCUT2D eigenvalue weighted by Gasteiger charge is -2.32. The highest BCUT2D eigenvalue weighted by molar-refractivity contribution is 7.91. The van der Waals surface area contributed by atoms with Crippen molar-refractivity contribution in [2.75, 3.05) is 18.6 Å². The third-order valence-electron chi connectivity index (χ3n) is 9.86. The van der Waals surface area contributed by atoms with E-state index in [0.29, 0.717) is 35.7 Å². The maximum absolute atomic E-state index is 15.7. The van der Waals surface area contributed by atoms with Gasteiger partial charge in [0.05, 0.1) is 27.9 Å². The molecule has 0 aliphatic carbocycles. The number of nitrogens with zero attached hydrogens (tertiary/aromatic N) is 1. The number of nitrogens with one attached hydrogen (secondary N) is 3. The second-order valence-electron chi connectivity index (χ2n) is 15.2. The van der Waals surface area contributed by atoms with Crippen LogP contribution in [0.1, 0.15) is 76.1 Å². The van der Waals surface area contributed by atoms with Crippen LogP contribution in [0.5, 0.6) is 11.5 Å². The smallest absolute Gasteiger partial charge is 0.309 e. The maximum Gasteiger partial charge on any atom is 0.309 e. The van der Waals surface area contributed by atoms with Gasteiger partial charge < -0.3 is 20.1 Å². The van der Waals surface area contributed by atoms with E-state index in [-0.39, 0.29) is 53.1 Å². The van der Waals surface area contributed by atoms with Crippen LogP contribution in [0.2, 0.25) is 0 Å². The molecule has 1 aliphatic heterocycles. The van der Waals surface area contributed by atoms with E-state index in [1.807, 2.05) is 45.0 Å². The van der Waals surface area contributed by atoms with Crippen molar-refractivity contribution in [2.24, 2.45) is 15.8 Å². The largest absolute Gasteiger partial charge is 0.481 e. The maximum atomic E-state index is 15.7. The van der Waals surface area contributed by atoms with Gasteiger partial charge in [-0.3, -0.25) is 10.2 Å². The zero-order chi connectivity index (χ0) is 37.4. The highest BCUT2D eigenvalue weighted by Gasteiger charge is 2.36. The number of aliphatic carboxylic acids is 1. The average molecular weight is 721 g/mol. The molecule has 1 atom stereocenters. The number of halogens is 2. The van der Waals surface area contributed by atoms with Crippen LogP contribution >= 0.6 is 0 Å². The van der Waals surface area contributed by atoms with Gasteiger partial charge in [-0.1, -0.05) is 44.5 Å². The van der Waals surface area contributed by atoms with E-state index in [0.717, 1.165) is 11.1 Å². The van der Waals surface area contributed by atoms with Gasteiger partial charge in [0, 0.05) is 35.8 Å². The molecule has 0 spiro atoms. The summed E-state index contributed by atoms with van der Waals surface area (Å²) in [6, 6.07) is 14.3. The normalized spacial score (nSPS) is 21.0. The number of aromatic amines is 1. The number of H-pyrrole nitrogens is 1. The number of aryl methyl sites for hydroxylation is 1. The summed E-state index contributed by atoms with van der Waals surface area (Å²) >= 11 is 0. The lowest BCUT2D eigenvalue weighted by Crippen LogP contribution is -2.35. The minimum absolute atomic E-state index is 0.00138. The molecule has 272 valence electrons. The summed E-state index contributed by atoms with van der Waals surface area (Å²) < 4.78 is 64.5. The van der Waals surface area contributed by atoms with Gasteiger partial charge in [0.2, 0.25) is 0 Å². The van der Waals surface area contributed by atoms with Crippen molar-refractivity contribution in [1.29, 1.82) is 5.41 Å². The summed E-state index contributed by atoms with van der Waals surface area (Å²) in [5.41, 5.74) is -0.311. The van der Waals surface area contributed by atoms with Gasteiger partial charge in [-0.15, -0.1) is 0 Å². The molecular formula is C39H46F2N4O5S. The number of aromatic nitrogens is 1. The summed E-state index contributed by atoms with van der Waals surface area (Å²) in [4.78, 5) is 19.5. The van der Waals surface area contributed by atoms with Crippen LogP contribution in [-0.2, 0) is 32.9 Å². The third-order valence-corrected chi connectivity index (χ3v) is 11.9. The number of carboxylic acids is 1. The van der Waals surface area contributed by atoms with Crippen LogP contribution in [0.15, 0.2) is 65.8 Å². The molecule has 1 unspecified atom stereocenters. The number of rotatable bonds is 4. The zero-order valence-electron chi connectivity index (χ0n) is 29.9. The Morgan fingerprint density at radius 1 is 1.08 bits per heavy atom. The van der Waals surface area contributed by atoms with Crippen LogP contribution in [0.25, 0.3) is 10.9 Å². The fourth-order valence-corrected chi connectivity index (χ4v) is 8.86. The molecule has 51 heavy (non-hydrogen) atoms. The van der Waals surface area contributed by atoms with Gasteiger partial charge in [0.25, 0.3) is 0 Å². The number of aliphatic imine (C=N–C) groups is 1. The molecule has 12 heteroatoms. The molecule has 0 amide bonds. The molecule has 1 aromatic heterocycles. The molecule has 0 saturated carbocycles. The number of sulfone groups is 1. The van der Waals surface area contributed by atoms with Crippen molar-refractivity contribution < 1.29 is 31.8 Å². The molecule has 4 N–H and O–H groups in total. The standard InChI is InChI=1S/C39H46F2N4O5S/c1-37(2)15-8-16-39(5,25-10-7-9-24(19-25)22-38(3,4)36(46)47)35(42)45-34(43-6)29-20-26(11-12-30(29)40)50-33-28(14-18-51(48,49)23-37)27-13-17-44-32(27)21-31(33)41/h7,9-13,17,19-21,44H,8,14-16,18,22-23H2,1-6H3,(H,46,47)(H2,42,43,45). The molecule has 3 aromatic carbocycles. The Balaban J connectivity index is 1.65. The first-order valence-electron chi connectivity index (χ1n) is 17.0. The Bertz CT molecular complexity index is 2120. The lowest BCUT2D eigenvalue weighted by atomic mass is 9.74. The fraction of sp³-hybridized carbons (Fsp3) is 0.410. The van der Waals surface area contributed by atoms with Gasteiger partial charge in [-0.2, -0.15) is 0 Å². The number of carboxylic acid groups (broad SMARTS) is 1. The minimum atomic E-state index is -3.63. The van der Waals surface area contributed by atoms with Crippen LogP contribution < -0.4 is 10.1 Å². The molecule has 2 bridgehead atoms. The van der Waals surface area contributed by atoms with Crippen molar-refractivity contribution >= 4 is 38.4 Å². The van der Waals surface area contributed by atoms with Crippen LogP contribution in [0.4, 0.5) is 8.78 Å². The van der Waals surface area contributed by atoms with Gasteiger partial charge in [-0.25, -0.2) is 22.2 Å². The van der Waals surface area contributed by atoms with E-state index in [4.69, 9.17) is 4.74 Å². The first kappa shape index (κ1) is 37.7. The van der Waals surface area contributed by atoms with Gasteiger partial charge in [0.15, 0.2) is 21.4 Å². The van der Waals surface area contributed by atoms with E-state index < -0.39 is 43.7 Å². The molecule has 2 heterocycles. The number of amidine groups is 2. The zero-order valence-corrected chi connectivity index (χ0v) is 30.7. The predicted molar refractivity (Wildman–Crippen MR) is 197 cm³/mol. The van der Waals surface area contributed by atoms with Crippen molar-refractivity contribution in [3.05, 3.63) is 94.7 Å². The topological polar surface area (TPSA) is 145 Å². The van der Waals surface area contributed by atoms with Gasteiger partial charge >= 0.3 is 5.97 Å². The minimum Gasteiger partial charge on any atom is -0.481 e. The van der Waals surface area contributed by atoms with E-state index in [2.05, 4.69) is 15.3 Å². The monoisotopic (exact) mass is 720 g/mol. The van der Waals surface area contributed by atoms with Crippen LogP contribution in [0, 0.1) is 27.9 Å². The number of hydrogen-bond acceptors (Lipinski definition) is 6.